The number of nitrogens with zero attached hydrogens (tertiary/aromatic N) is 1. The number of nitrogen functional groups attached to an aromatic ring is 1. The third-order valence-electron chi connectivity index (χ3n) is 3.77. The van der Waals surface area contributed by atoms with E-state index in [4.69, 9.17) is 10.3 Å². The van der Waals surface area contributed by atoms with Crippen LogP contribution in [0, 0.1) is 18.8 Å². The predicted octanol–water partition coefficient (Wildman–Crippen LogP) is 0.333. The summed E-state index contributed by atoms with van der Waals surface area (Å²) < 4.78 is 5.26. The SMILES string of the molecule is Cc1oc(C(=O)NN)cc1CN1C(=O)C(C)C(C)C1=O. The van der Waals surface area contributed by atoms with Gasteiger partial charge in [0.1, 0.15) is 5.76 Å². The van der Waals surface area contributed by atoms with E-state index in [9.17, 15) is 14.4 Å². The van der Waals surface area contributed by atoms with E-state index >= 15 is 0 Å². The average Bonchev–Trinajstić information content (AvgIpc) is 2.88. The highest BCUT2D eigenvalue weighted by atomic mass is 16.4. The van der Waals surface area contributed by atoms with Crippen LogP contribution in [0.1, 0.15) is 35.7 Å². The third-order valence-corrected chi connectivity index (χ3v) is 3.77. The molecule has 2 atom stereocenters. The second-order valence-corrected chi connectivity index (χ2v) is 5.01. The Balaban J connectivity index is 2.23. The second kappa shape index (κ2) is 5.09. The lowest BCUT2D eigenvalue weighted by molar-refractivity contribution is -0.140. The van der Waals surface area contributed by atoms with Crippen LogP contribution in [0.2, 0.25) is 0 Å². The molecular formula is C13H17N3O4. The smallest absolute Gasteiger partial charge is 0.300 e. The van der Waals surface area contributed by atoms with Crippen LogP contribution in [-0.4, -0.2) is 22.6 Å². The molecule has 2 heterocycles. The van der Waals surface area contributed by atoms with Gasteiger partial charge in [-0.3, -0.25) is 24.7 Å². The van der Waals surface area contributed by atoms with Crippen molar-refractivity contribution in [2.24, 2.45) is 17.7 Å². The van der Waals surface area contributed by atoms with Crippen molar-refractivity contribution in [1.82, 2.24) is 10.3 Å². The van der Waals surface area contributed by atoms with Crippen molar-refractivity contribution in [3.8, 4) is 0 Å². The Morgan fingerprint density at radius 2 is 1.90 bits per heavy atom. The summed E-state index contributed by atoms with van der Waals surface area (Å²) in [6, 6.07) is 1.49. The van der Waals surface area contributed by atoms with Crippen LogP contribution in [0.15, 0.2) is 10.5 Å². The number of rotatable bonds is 3. The first kappa shape index (κ1) is 14.3. The Kier molecular flexibility index (Phi) is 3.63. The van der Waals surface area contributed by atoms with Crippen molar-refractivity contribution in [3.63, 3.8) is 0 Å². The Labute approximate surface area is 116 Å². The first-order valence-corrected chi connectivity index (χ1v) is 6.32. The highest BCUT2D eigenvalue weighted by Crippen LogP contribution is 2.28. The molecule has 2 unspecified atom stereocenters. The number of carbonyl (C=O) groups excluding carboxylic acids is 3. The van der Waals surface area contributed by atoms with Gasteiger partial charge in [-0.2, -0.15) is 0 Å². The van der Waals surface area contributed by atoms with Crippen LogP contribution >= 0.6 is 0 Å². The number of carbonyl (C=O) groups is 3. The lowest BCUT2D eigenvalue weighted by Crippen LogP contribution is -2.30. The summed E-state index contributed by atoms with van der Waals surface area (Å²) in [6.07, 6.45) is 0. The molecule has 20 heavy (non-hydrogen) atoms. The molecule has 7 heteroatoms. The number of furan rings is 1. The van der Waals surface area contributed by atoms with E-state index < -0.39 is 5.91 Å². The Hall–Kier alpha value is -2.15. The van der Waals surface area contributed by atoms with Gasteiger partial charge in [0.2, 0.25) is 11.8 Å². The van der Waals surface area contributed by atoms with Gasteiger partial charge in [0.05, 0.1) is 6.54 Å². The highest BCUT2D eigenvalue weighted by Gasteiger charge is 2.42. The molecule has 3 amide bonds. The van der Waals surface area contributed by atoms with Crippen LogP contribution in [-0.2, 0) is 16.1 Å². The van der Waals surface area contributed by atoms with Crippen molar-refractivity contribution < 1.29 is 18.8 Å². The van der Waals surface area contributed by atoms with E-state index in [1.165, 1.54) is 11.0 Å². The molecule has 0 spiro atoms. The minimum absolute atomic E-state index is 0.0557. The number of aryl methyl sites for hydroxylation is 1. The maximum absolute atomic E-state index is 12.0. The summed E-state index contributed by atoms with van der Waals surface area (Å²) in [6.45, 7) is 5.25. The van der Waals surface area contributed by atoms with Crippen molar-refractivity contribution >= 4 is 17.7 Å². The molecule has 7 nitrogen and oxygen atoms in total. The number of nitrogens with one attached hydrogen (secondary N) is 1. The fraction of sp³-hybridized carbons (Fsp3) is 0.462. The molecule has 0 bridgehead atoms. The first-order valence-electron chi connectivity index (χ1n) is 6.32. The van der Waals surface area contributed by atoms with Gasteiger partial charge in [0.25, 0.3) is 0 Å². The Morgan fingerprint density at radius 3 is 2.40 bits per heavy atom. The number of likely N-dealkylation sites (tertiary alicyclic amines) is 1. The lowest BCUT2D eigenvalue weighted by Gasteiger charge is -2.13. The van der Waals surface area contributed by atoms with Gasteiger partial charge in [-0.05, 0) is 13.0 Å². The summed E-state index contributed by atoms with van der Waals surface area (Å²) in [5, 5.41) is 0. The molecule has 0 radical (unpaired) electrons. The molecule has 2 rings (SSSR count). The van der Waals surface area contributed by atoms with E-state index in [0.717, 1.165) is 0 Å². The van der Waals surface area contributed by atoms with Crippen molar-refractivity contribution in [2.45, 2.75) is 27.3 Å². The molecule has 0 aromatic carbocycles. The van der Waals surface area contributed by atoms with Crippen molar-refractivity contribution in [1.29, 1.82) is 0 Å². The monoisotopic (exact) mass is 279 g/mol. The molecule has 1 fully saturated rings. The molecule has 3 N–H and O–H groups in total. The Bertz CT molecular complexity index is 558. The van der Waals surface area contributed by atoms with Crippen LogP contribution in [0.3, 0.4) is 0 Å². The molecule has 1 aliphatic rings. The number of hydrogen-bond donors (Lipinski definition) is 2. The molecule has 108 valence electrons. The summed E-state index contributed by atoms with van der Waals surface area (Å²) >= 11 is 0. The summed E-state index contributed by atoms with van der Waals surface area (Å²) in [4.78, 5) is 36.6. The van der Waals surface area contributed by atoms with Gasteiger partial charge in [-0.25, -0.2) is 5.84 Å². The van der Waals surface area contributed by atoms with Gasteiger partial charge in [0.15, 0.2) is 5.76 Å². The van der Waals surface area contributed by atoms with Crippen molar-refractivity contribution in [2.75, 3.05) is 0 Å². The zero-order valence-corrected chi connectivity index (χ0v) is 11.6. The van der Waals surface area contributed by atoms with E-state index in [1.54, 1.807) is 20.8 Å². The van der Waals surface area contributed by atoms with Crippen LogP contribution in [0.5, 0.6) is 0 Å². The number of hydrogen-bond acceptors (Lipinski definition) is 5. The summed E-state index contributed by atoms with van der Waals surface area (Å²) in [7, 11) is 0. The molecule has 0 aliphatic carbocycles. The topological polar surface area (TPSA) is 106 Å². The maximum Gasteiger partial charge on any atom is 0.300 e. The van der Waals surface area contributed by atoms with Crippen LogP contribution in [0.4, 0.5) is 0 Å². The number of nitrogens with two attached hydrogens (primary N) is 1. The van der Waals surface area contributed by atoms with Crippen molar-refractivity contribution in [3.05, 3.63) is 23.2 Å². The standard InChI is InChI=1S/C13H17N3O4/c1-6-7(2)13(19)16(12(6)18)5-9-4-10(11(17)15-14)20-8(9)3/h4,6-7H,5,14H2,1-3H3,(H,15,17). The second-order valence-electron chi connectivity index (χ2n) is 5.01. The van der Waals surface area contributed by atoms with E-state index in [1.807, 2.05) is 5.43 Å². The fourth-order valence-electron chi connectivity index (χ4n) is 2.21. The highest BCUT2D eigenvalue weighted by molar-refractivity contribution is 6.04. The average molecular weight is 279 g/mol. The minimum Gasteiger partial charge on any atom is -0.456 e. The predicted molar refractivity (Wildman–Crippen MR) is 69.0 cm³/mol. The zero-order chi connectivity index (χ0) is 15.0. The van der Waals surface area contributed by atoms with Gasteiger partial charge in [0, 0.05) is 17.4 Å². The minimum atomic E-state index is -0.555. The molecule has 1 saturated heterocycles. The van der Waals surface area contributed by atoms with Gasteiger partial charge in [-0.15, -0.1) is 0 Å². The molecule has 1 aromatic rings. The van der Waals surface area contributed by atoms with E-state index in [2.05, 4.69) is 0 Å². The number of hydrazine groups is 1. The zero-order valence-electron chi connectivity index (χ0n) is 11.6. The maximum atomic E-state index is 12.0. The molecule has 1 aliphatic heterocycles. The van der Waals surface area contributed by atoms with Crippen LogP contribution < -0.4 is 11.3 Å². The Morgan fingerprint density at radius 1 is 1.35 bits per heavy atom. The summed E-state index contributed by atoms with van der Waals surface area (Å²) in [5.41, 5.74) is 2.58. The lowest BCUT2D eigenvalue weighted by atomic mass is 10.00. The van der Waals surface area contributed by atoms with Gasteiger partial charge < -0.3 is 4.42 Å². The summed E-state index contributed by atoms with van der Waals surface area (Å²) in [5.74, 6) is 3.97. The first-order chi connectivity index (χ1) is 9.36. The fourth-order valence-corrected chi connectivity index (χ4v) is 2.21. The van der Waals surface area contributed by atoms with E-state index in [-0.39, 0.29) is 36.0 Å². The van der Waals surface area contributed by atoms with E-state index in [0.29, 0.717) is 11.3 Å². The third kappa shape index (κ3) is 2.20. The van der Waals surface area contributed by atoms with Crippen LogP contribution in [0.25, 0.3) is 0 Å². The van der Waals surface area contributed by atoms with Gasteiger partial charge >= 0.3 is 5.91 Å². The normalized spacial score (nSPS) is 22.5. The largest absolute Gasteiger partial charge is 0.456 e. The molecular weight excluding hydrogens is 262 g/mol. The quantitative estimate of drug-likeness (QED) is 0.359. The van der Waals surface area contributed by atoms with Gasteiger partial charge in [-0.1, -0.05) is 13.8 Å². The number of amides is 3. The molecule has 1 aromatic heterocycles. The molecule has 0 saturated carbocycles. The number of imide groups is 1.